The lowest BCUT2D eigenvalue weighted by Gasteiger charge is -2.16. The van der Waals surface area contributed by atoms with Crippen LogP contribution in [0.3, 0.4) is 0 Å². The van der Waals surface area contributed by atoms with E-state index in [2.05, 4.69) is 22.6 Å². The fraction of sp³-hybridized carbons (Fsp3) is 0.429. The zero-order valence-electron chi connectivity index (χ0n) is 11.0. The Labute approximate surface area is 112 Å². The van der Waals surface area contributed by atoms with Crippen molar-refractivity contribution in [2.24, 2.45) is 16.8 Å². The Morgan fingerprint density at radius 3 is 2.58 bits per heavy atom. The highest BCUT2D eigenvalue weighted by Gasteiger charge is 2.27. The normalized spacial score (nSPS) is 17.0. The van der Waals surface area contributed by atoms with Crippen LogP contribution in [-0.4, -0.2) is 23.0 Å². The molecule has 0 aromatic heterocycles. The first-order valence-corrected chi connectivity index (χ1v) is 6.43. The molecule has 0 fully saturated rings. The van der Waals surface area contributed by atoms with E-state index in [9.17, 15) is 4.79 Å². The highest BCUT2D eigenvalue weighted by atomic mass is 16.4. The molecule has 0 radical (unpaired) electrons. The lowest BCUT2D eigenvalue weighted by molar-refractivity contribution is -0.125. The second kappa shape index (κ2) is 5.73. The van der Waals surface area contributed by atoms with E-state index in [0.717, 1.165) is 12.8 Å². The summed E-state index contributed by atoms with van der Waals surface area (Å²) in [6.45, 7) is 1.85. The summed E-state index contributed by atoms with van der Waals surface area (Å²) in [7, 11) is 0. The van der Waals surface area contributed by atoms with E-state index in [1.54, 1.807) is 0 Å². The van der Waals surface area contributed by atoms with E-state index in [-0.39, 0.29) is 23.7 Å². The molecule has 1 aromatic carbocycles. The Balaban J connectivity index is 1.89. The second-order valence-corrected chi connectivity index (χ2v) is 5.08. The van der Waals surface area contributed by atoms with Crippen LogP contribution in [0.4, 0.5) is 0 Å². The van der Waals surface area contributed by atoms with E-state index < -0.39 is 0 Å². The number of oxime groups is 1. The summed E-state index contributed by atoms with van der Waals surface area (Å²) in [5.74, 6) is 0.157. The Bertz CT molecular complexity index is 474. The van der Waals surface area contributed by atoms with Gasteiger partial charge in [-0.1, -0.05) is 29.4 Å². The average molecular weight is 261 g/mol. The molecule has 5 heteroatoms. The molecule has 1 amide bonds. The number of nitrogens with two attached hydrogens (primary N) is 1. The van der Waals surface area contributed by atoms with Gasteiger partial charge in [0.25, 0.3) is 0 Å². The van der Waals surface area contributed by atoms with Gasteiger partial charge in [-0.05, 0) is 30.9 Å². The summed E-state index contributed by atoms with van der Waals surface area (Å²) >= 11 is 0. The number of hydrogen-bond acceptors (Lipinski definition) is 3. The molecule has 1 atom stereocenters. The number of fused-ring (bicyclic) bond motifs is 1. The standard InChI is InChI=1S/C14H19N3O2/c1-9(6-13(15)17-19)16-14(18)12-7-10-4-2-3-5-11(10)8-12/h2-5,9,12,19H,6-8H2,1H3,(H2,15,17)(H,16,18). The first-order valence-electron chi connectivity index (χ1n) is 6.43. The second-order valence-electron chi connectivity index (χ2n) is 5.08. The van der Waals surface area contributed by atoms with Crippen molar-refractivity contribution in [3.8, 4) is 0 Å². The van der Waals surface area contributed by atoms with Crippen LogP contribution < -0.4 is 11.1 Å². The Hall–Kier alpha value is -2.04. The van der Waals surface area contributed by atoms with Crippen LogP contribution in [0.25, 0.3) is 0 Å². The van der Waals surface area contributed by atoms with Gasteiger partial charge in [0.2, 0.25) is 5.91 Å². The number of benzene rings is 1. The van der Waals surface area contributed by atoms with Crippen LogP contribution in [0.5, 0.6) is 0 Å². The molecular weight excluding hydrogens is 242 g/mol. The molecule has 1 aromatic rings. The highest BCUT2D eigenvalue weighted by molar-refractivity contribution is 5.83. The van der Waals surface area contributed by atoms with Gasteiger partial charge in [-0.15, -0.1) is 0 Å². The summed E-state index contributed by atoms with van der Waals surface area (Å²) < 4.78 is 0. The van der Waals surface area contributed by atoms with Gasteiger partial charge in [0.15, 0.2) is 0 Å². The van der Waals surface area contributed by atoms with Crippen molar-refractivity contribution >= 4 is 11.7 Å². The third-order valence-electron chi connectivity index (χ3n) is 3.45. The maximum atomic E-state index is 12.1. The predicted molar refractivity (Wildman–Crippen MR) is 73.0 cm³/mol. The average Bonchev–Trinajstić information content (AvgIpc) is 2.82. The molecule has 1 aliphatic carbocycles. The van der Waals surface area contributed by atoms with Crippen molar-refractivity contribution in [3.63, 3.8) is 0 Å². The van der Waals surface area contributed by atoms with Gasteiger partial charge in [-0.2, -0.15) is 0 Å². The van der Waals surface area contributed by atoms with Crippen LogP contribution in [0.2, 0.25) is 0 Å². The monoisotopic (exact) mass is 261 g/mol. The SMILES string of the molecule is CC(C/C(N)=N/O)NC(=O)C1Cc2ccccc2C1. The third-order valence-corrected chi connectivity index (χ3v) is 3.45. The summed E-state index contributed by atoms with van der Waals surface area (Å²) in [6, 6.07) is 8.01. The summed E-state index contributed by atoms with van der Waals surface area (Å²) in [5.41, 5.74) is 7.93. The Morgan fingerprint density at radius 2 is 2.05 bits per heavy atom. The predicted octanol–water partition coefficient (Wildman–Crippen LogP) is 1.04. The fourth-order valence-corrected chi connectivity index (χ4v) is 2.51. The number of hydrogen-bond donors (Lipinski definition) is 3. The summed E-state index contributed by atoms with van der Waals surface area (Å²) in [6.07, 6.45) is 1.93. The molecule has 19 heavy (non-hydrogen) atoms. The quantitative estimate of drug-likeness (QED) is 0.327. The van der Waals surface area contributed by atoms with Crippen molar-refractivity contribution in [2.45, 2.75) is 32.2 Å². The van der Waals surface area contributed by atoms with Crippen molar-refractivity contribution < 1.29 is 10.0 Å². The number of nitrogens with one attached hydrogen (secondary N) is 1. The number of nitrogens with zero attached hydrogens (tertiary/aromatic N) is 1. The molecule has 0 bridgehead atoms. The molecule has 0 aliphatic heterocycles. The first kappa shape index (κ1) is 13.4. The van der Waals surface area contributed by atoms with E-state index in [1.807, 2.05) is 19.1 Å². The van der Waals surface area contributed by atoms with Gasteiger partial charge in [0, 0.05) is 18.4 Å². The van der Waals surface area contributed by atoms with Crippen LogP contribution in [0.1, 0.15) is 24.5 Å². The third kappa shape index (κ3) is 3.24. The van der Waals surface area contributed by atoms with Crippen LogP contribution in [0, 0.1) is 5.92 Å². The minimum absolute atomic E-state index is 0.00728. The van der Waals surface area contributed by atoms with E-state index in [1.165, 1.54) is 11.1 Å². The van der Waals surface area contributed by atoms with E-state index in [0.29, 0.717) is 6.42 Å². The topological polar surface area (TPSA) is 87.7 Å². The number of amidine groups is 1. The minimum Gasteiger partial charge on any atom is -0.409 e. The smallest absolute Gasteiger partial charge is 0.223 e. The molecule has 102 valence electrons. The van der Waals surface area contributed by atoms with Crippen LogP contribution in [-0.2, 0) is 17.6 Å². The molecule has 5 nitrogen and oxygen atoms in total. The fourth-order valence-electron chi connectivity index (χ4n) is 2.51. The number of amides is 1. The molecule has 1 aliphatic rings. The molecule has 0 saturated carbocycles. The van der Waals surface area contributed by atoms with Crippen molar-refractivity contribution in [1.29, 1.82) is 0 Å². The van der Waals surface area contributed by atoms with Crippen molar-refractivity contribution in [1.82, 2.24) is 5.32 Å². The number of rotatable bonds is 4. The maximum absolute atomic E-state index is 12.1. The van der Waals surface area contributed by atoms with Gasteiger partial charge in [-0.25, -0.2) is 0 Å². The Kier molecular flexibility index (Phi) is 4.04. The minimum atomic E-state index is -0.132. The summed E-state index contributed by atoms with van der Waals surface area (Å²) in [4.78, 5) is 12.1. The largest absolute Gasteiger partial charge is 0.409 e. The molecular formula is C14H19N3O2. The molecule has 0 saturated heterocycles. The molecule has 1 unspecified atom stereocenters. The Morgan fingerprint density at radius 1 is 1.47 bits per heavy atom. The van der Waals surface area contributed by atoms with Gasteiger partial charge >= 0.3 is 0 Å². The van der Waals surface area contributed by atoms with Crippen LogP contribution >= 0.6 is 0 Å². The number of carbonyl (C=O) groups is 1. The maximum Gasteiger partial charge on any atom is 0.223 e. The van der Waals surface area contributed by atoms with E-state index >= 15 is 0 Å². The van der Waals surface area contributed by atoms with Gasteiger partial charge in [-0.3, -0.25) is 4.79 Å². The van der Waals surface area contributed by atoms with E-state index in [4.69, 9.17) is 10.9 Å². The zero-order chi connectivity index (χ0) is 13.8. The molecule has 2 rings (SSSR count). The highest BCUT2D eigenvalue weighted by Crippen LogP contribution is 2.26. The zero-order valence-corrected chi connectivity index (χ0v) is 11.0. The molecule has 4 N–H and O–H groups in total. The summed E-state index contributed by atoms with van der Waals surface area (Å²) in [5, 5.41) is 14.3. The first-order chi connectivity index (χ1) is 9.10. The lowest BCUT2D eigenvalue weighted by atomic mass is 10.0. The van der Waals surface area contributed by atoms with Crippen LogP contribution in [0.15, 0.2) is 29.4 Å². The lowest BCUT2D eigenvalue weighted by Crippen LogP contribution is -2.39. The van der Waals surface area contributed by atoms with Gasteiger partial charge < -0.3 is 16.3 Å². The molecule has 0 heterocycles. The number of carbonyl (C=O) groups excluding carboxylic acids is 1. The van der Waals surface area contributed by atoms with Gasteiger partial charge in [0.05, 0.1) is 0 Å². The van der Waals surface area contributed by atoms with Crippen molar-refractivity contribution in [2.75, 3.05) is 0 Å². The molecule has 0 spiro atoms. The van der Waals surface area contributed by atoms with Crippen molar-refractivity contribution in [3.05, 3.63) is 35.4 Å². The van der Waals surface area contributed by atoms with Gasteiger partial charge in [0.1, 0.15) is 5.84 Å².